The number of benzene rings is 1. The topological polar surface area (TPSA) is 51.6 Å². The van der Waals surface area contributed by atoms with Gasteiger partial charge in [-0.05, 0) is 24.3 Å². The third kappa shape index (κ3) is 2.64. The SMILES string of the molecule is CCC(CC)c1ccc(-c2nncnn2)cc1. The molecule has 17 heavy (non-hydrogen) atoms. The van der Waals surface area contributed by atoms with Crippen LogP contribution in [-0.4, -0.2) is 20.4 Å². The van der Waals surface area contributed by atoms with Gasteiger partial charge in [-0.15, -0.1) is 20.4 Å². The lowest BCUT2D eigenvalue weighted by Crippen LogP contribution is -1.97. The molecule has 88 valence electrons. The molecule has 0 fully saturated rings. The first-order valence-electron chi connectivity index (χ1n) is 5.95. The zero-order chi connectivity index (χ0) is 12.1. The fraction of sp³-hybridized carbons (Fsp3) is 0.385. The highest BCUT2D eigenvalue weighted by Gasteiger charge is 2.07. The van der Waals surface area contributed by atoms with Crippen LogP contribution in [-0.2, 0) is 0 Å². The maximum absolute atomic E-state index is 3.94. The molecule has 0 saturated carbocycles. The lowest BCUT2D eigenvalue weighted by molar-refractivity contribution is 0.642. The third-order valence-corrected chi connectivity index (χ3v) is 3.03. The third-order valence-electron chi connectivity index (χ3n) is 3.03. The van der Waals surface area contributed by atoms with Crippen molar-refractivity contribution in [2.75, 3.05) is 0 Å². The molecule has 0 atom stereocenters. The highest BCUT2D eigenvalue weighted by Crippen LogP contribution is 2.24. The molecule has 0 aliphatic carbocycles. The molecule has 0 radical (unpaired) electrons. The van der Waals surface area contributed by atoms with Crippen LogP contribution >= 0.6 is 0 Å². The minimum Gasteiger partial charge on any atom is -0.135 e. The van der Waals surface area contributed by atoms with E-state index in [1.54, 1.807) is 0 Å². The van der Waals surface area contributed by atoms with Crippen LogP contribution in [0, 0.1) is 0 Å². The Hall–Kier alpha value is -1.84. The number of hydrogen-bond donors (Lipinski definition) is 0. The lowest BCUT2D eigenvalue weighted by atomic mass is 9.93. The molecule has 0 aliphatic heterocycles. The van der Waals surface area contributed by atoms with Gasteiger partial charge in [0.15, 0.2) is 6.33 Å². The molecule has 0 aliphatic rings. The number of rotatable bonds is 4. The highest BCUT2D eigenvalue weighted by atomic mass is 15.3. The van der Waals surface area contributed by atoms with Crippen molar-refractivity contribution in [1.29, 1.82) is 0 Å². The van der Waals surface area contributed by atoms with E-state index in [1.807, 2.05) is 12.1 Å². The van der Waals surface area contributed by atoms with Crippen LogP contribution in [0.25, 0.3) is 11.4 Å². The normalized spacial score (nSPS) is 10.8. The van der Waals surface area contributed by atoms with Gasteiger partial charge in [0, 0.05) is 5.56 Å². The number of aromatic nitrogens is 4. The first-order chi connectivity index (χ1) is 8.35. The predicted octanol–water partition coefficient (Wildman–Crippen LogP) is 2.84. The summed E-state index contributed by atoms with van der Waals surface area (Å²) in [6.07, 6.45) is 3.67. The van der Waals surface area contributed by atoms with Gasteiger partial charge in [-0.25, -0.2) is 0 Å². The van der Waals surface area contributed by atoms with E-state index in [1.165, 1.54) is 24.7 Å². The van der Waals surface area contributed by atoms with E-state index < -0.39 is 0 Å². The molecular formula is C13H16N4. The van der Waals surface area contributed by atoms with Gasteiger partial charge >= 0.3 is 0 Å². The molecule has 0 unspecified atom stereocenters. The fourth-order valence-corrected chi connectivity index (χ4v) is 1.98. The summed E-state index contributed by atoms with van der Waals surface area (Å²) in [4.78, 5) is 0. The maximum atomic E-state index is 3.94. The van der Waals surface area contributed by atoms with Gasteiger partial charge in [0.2, 0.25) is 5.82 Å². The molecule has 2 aromatic rings. The second kappa shape index (κ2) is 5.48. The predicted molar refractivity (Wildman–Crippen MR) is 66.4 cm³/mol. The van der Waals surface area contributed by atoms with Crippen molar-refractivity contribution in [2.45, 2.75) is 32.6 Å². The highest BCUT2D eigenvalue weighted by molar-refractivity contribution is 5.54. The summed E-state index contributed by atoms with van der Waals surface area (Å²) in [5.41, 5.74) is 2.33. The van der Waals surface area contributed by atoms with Crippen molar-refractivity contribution in [3.8, 4) is 11.4 Å². The Kier molecular flexibility index (Phi) is 3.75. The van der Waals surface area contributed by atoms with Crippen molar-refractivity contribution in [3.05, 3.63) is 36.2 Å². The largest absolute Gasteiger partial charge is 0.203 e. The minimum atomic E-state index is 0.573. The van der Waals surface area contributed by atoms with Crippen LogP contribution in [0.15, 0.2) is 30.6 Å². The standard InChI is InChI=1S/C13H16N4/c1-3-10(4-2)11-5-7-12(8-6-11)13-16-14-9-15-17-13/h5-10H,3-4H2,1-2H3. The fourth-order valence-electron chi connectivity index (χ4n) is 1.98. The summed E-state index contributed by atoms with van der Waals surface area (Å²) in [5, 5.41) is 15.3. The van der Waals surface area contributed by atoms with Crippen LogP contribution in [0.3, 0.4) is 0 Å². The molecule has 2 rings (SSSR count). The van der Waals surface area contributed by atoms with Crippen LogP contribution in [0.5, 0.6) is 0 Å². The van der Waals surface area contributed by atoms with E-state index >= 15 is 0 Å². The molecule has 1 aromatic heterocycles. The number of hydrogen-bond acceptors (Lipinski definition) is 4. The first kappa shape index (κ1) is 11.6. The molecule has 0 bridgehead atoms. The van der Waals surface area contributed by atoms with Crippen LogP contribution in [0.2, 0.25) is 0 Å². The van der Waals surface area contributed by atoms with E-state index in [-0.39, 0.29) is 0 Å². The van der Waals surface area contributed by atoms with E-state index in [9.17, 15) is 0 Å². The summed E-state index contributed by atoms with van der Waals surface area (Å²) >= 11 is 0. The smallest absolute Gasteiger partial charge is 0.135 e. The first-order valence-corrected chi connectivity index (χ1v) is 5.95. The van der Waals surface area contributed by atoms with Gasteiger partial charge in [-0.1, -0.05) is 38.1 Å². The van der Waals surface area contributed by atoms with Crippen molar-refractivity contribution >= 4 is 0 Å². The quantitative estimate of drug-likeness (QED) is 0.807. The summed E-state index contributed by atoms with van der Waals surface area (Å²) in [6.45, 7) is 4.44. The Bertz CT molecular complexity index is 449. The second-order valence-electron chi connectivity index (χ2n) is 4.01. The monoisotopic (exact) mass is 228 g/mol. The van der Waals surface area contributed by atoms with Crippen LogP contribution < -0.4 is 0 Å². The van der Waals surface area contributed by atoms with Crippen LogP contribution in [0.1, 0.15) is 38.2 Å². The van der Waals surface area contributed by atoms with E-state index in [4.69, 9.17) is 0 Å². The summed E-state index contributed by atoms with van der Waals surface area (Å²) in [7, 11) is 0. The number of nitrogens with zero attached hydrogens (tertiary/aromatic N) is 4. The average Bonchev–Trinajstić information content (AvgIpc) is 2.42. The molecule has 1 heterocycles. The Morgan fingerprint density at radius 3 is 2.06 bits per heavy atom. The van der Waals surface area contributed by atoms with Crippen molar-refractivity contribution in [1.82, 2.24) is 20.4 Å². The Morgan fingerprint density at radius 2 is 1.53 bits per heavy atom. The second-order valence-corrected chi connectivity index (χ2v) is 4.01. The Balaban J connectivity index is 2.24. The summed E-state index contributed by atoms with van der Waals surface area (Å²) in [5.74, 6) is 1.21. The molecule has 0 N–H and O–H groups in total. The minimum absolute atomic E-state index is 0.573. The van der Waals surface area contributed by atoms with Crippen molar-refractivity contribution in [3.63, 3.8) is 0 Å². The van der Waals surface area contributed by atoms with Gasteiger partial charge in [0.1, 0.15) is 0 Å². The van der Waals surface area contributed by atoms with E-state index in [2.05, 4.69) is 46.4 Å². The van der Waals surface area contributed by atoms with Gasteiger partial charge in [0.05, 0.1) is 0 Å². The zero-order valence-corrected chi connectivity index (χ0v) is 10.2. The molecule has 0 amide bonds. The zero-order valence-electron chi connectivity index (χ0n) is 10.2. The Labute approximate surface area is 101 Å². The van der Waals surface area contributed by atoms with Gasteiger partial charge in [-0.3, -0.25) is 0 Å². The summed E-state index contributed by atoms with van der Waals surface area (Å²) in [6, 6.07) is 8.35. The summed E-state index contributed by atoms with van der Waals surface area (Å²) < 4.78 is 0. The van der Waals surface area contributed by atoms with E-state index in [0.29, 0.717) is 11.7 Å². The molecule has 4 heteroatoms. The molecule has 1 aromatic carbocycles. The lowest BCUT2D eigenvalue weighted by Gasteiger charge is -2.12. The van der Waals surface area contributed by atoms with Crippen molar-refractivity contribution < 1.29 is 0 Å². The molecular weight excluding hydrogens is 212 g/mol. The van der Waals surface area contributed by atoms with Gasteiger partial charge in [0.25, 0.3) is 0 Å². The Morgan fingerprint density at radius 1 is 0.941 bits per heavy atom. The van der Waals surface area contributed by atoms with E-state index in [0.717, 1.165) is 5.56 Å². The molecule has 4 nitrogen and oxygen atoms in total. The van der Waals surface area contributed by atoms with Gasteiger partial charge in [-0.2, -0.15) is 0 Å². The average molecular weight is 228 g/mol. The van der Waals surface area contributed by atoms with Crippen LogP contribution in [0.4, 0.5) is 0 Å². The molecule has 0 saturated heterocycles. The molecule has 0 spiro atoms. The van der Waals surface area contributed by atoms with Gasteiger partial charge < -0.3 is 0 Å². The maximum Gasteiger partial charge on any atom is 0.203 e. The van der Waals surface area contributed by atoms with Crippen molar-refractivity contribution in [2.24, 2.45) is 0 Å².